The van der Waals surface area contributed by atoms with Crippen molar-refractivity contribution in [1.82, 2.24) is 24.5 Å². The molecule has 0 spiro atoms. The molecule has 1 N–H and O–H groups in total. The molecule has 1 aliphatic rings. The number of aromatic nitrogens is 2. The van der Waals surface area contributed by atoms with E-state index in [0.717, 1.165) is 31.0 Å². The highest BCUT2D eigenvalue weighted by Crippen LogP contribution is 2.22. The standard InChI is InChI=1S/C18H27N5O/c1-13-7-6-8-23-14(13)11-19-17(23)18(2,3)20-16(24)15-12-21(4)9-10-22(15)5/h6-8,11,15H,9-10,12H2,1-5H3,(H,20,24). The van der Waals surface area contributed by atoms with Crippen LogP contribution < -0.4 is 5.32 Å². The first kappa shape index (κ1) is 16.9. The largest absolute Gasteiger partial charge is 0.343 e. The van der Waals surface area contributed by atoms with E-state index in [2.05, 4.69) is 44.5 Å². The Bertz CT molecular complexity index is 751. The Morgan fingerprint density at radius 3 is 2.83 bits per heavy atom. The van der Waals surface area contributed by atoms with Crippen molar-refractivity contribution < 1.29 is 4.79 Å². The summed E-state index contributed by atoms with van der Waals surface area (Å²) < 4.78 is 2.06. The Balaban J connectivity index is 1.84. The number of nitrogens with one attached hydrogen (secondary N) is 1. The van der Waals surface area contributed by atoms with Gasteiger partial charge < -0.3 is 14.6 Å². The van der Waals surface area contributed by atoms with E-state index in [0.29, 0.717) is 0 Å². The first-order valence-corrected chi connectivity index (χ1v) is 8.43. The van der Waals surface area contributed by atoms with Gasteiger partial charge in [0.2, 0.25) is 5.91 Å². The molecule has 1 fully saturated rings. The van der Waals surface area contributed by atoms with E-state index < -0.39 is 5.54 Å². The number of fused-ring (bicyclic) bond motifs is 1. The molecule has 1 unspecified atom stereocenters. The maximum Gasteiger partial charge on any atom is 0.239 e. The third-order valence-electron chi connectivity index (χ3n) is 4.93. The van der Waals surface area contributed by atoms with E-state index in [4.69, 9.17) is 0 Å². The zero-order chi connectivity index (χ0) is 17.5. The molecule has 6 heteroatoms. The summed E-state index contributed by atoms with van der Waals surface area (Å²) in [6.45, 7) is 8.73. The van der Waals surface area contributed by atoms with Gasteiger partial charge in [0.25, 0.3) is 0 Å². The molecule has 0 bridgehead atoms. The lowest BCUT2D eigenvalue weighted by Gasteiger charge is -2.38. The summed E-state index contributed by atoms with van der Waals surface area (Å²) in [5.41, 5.74) is 1.70. The van der Waals surface area contributed by atoms with Crippen LogP contribution in [0.4, 0.5) is 0 Å². The highest BCUT2D eigenvalue weighted by Gasteiger charge is 2.34. The molecule has 0 saturated carbocycles. The lowest BCUT2D eigenvalue weighted by molar-refractivity contribution is -0.129. The van der Waals surface area contributed by atoms with Crippen LogP contribution in [-0.4, -0.2) is 64.9 Å². The molecular weight excluding hydrogens is 302 g/mol. The van der Waals surface area contributed by atoms with Gasteiger partial charge in [0.15, 0.2) is 0 Å². The normalized spacial score (nSPS) is 20.5. The summed E-state index contributed by atoms with van der Waals surface area (Å²) in [5, 5.41) is 3.20. The first-order chi connectivity index (χ1) is 11.3. The Morgan fingerprint density at radius 2 is 2.08 bits per heavy atom. The topological polar surface area (TPSA) is 52.9 Å². The number of hydrogen-bond donors (Lipinski definition) is 1. The number of imidazole rings is 1. The van der Waals surface area contributed by atoms with Gasteiger partial charge in [0, 0.05) is 25.8 Å². The zero-order valence-electron chi connectivity index (χ0n) is 15.2. The molecule has 130 valence electrons. The van der Waals surface area contributed by atoms with Crippen LogP contribution in [0.2, 0.25) is 0 Å². The molecule has 0 aromatic carbocycles. The van der Waals surface area contributed by atoms with Crippen molar-refractivity contribution in [2.75, 3.05) is 33.7 Å². The van der Waals surface area contributed by atoms with Crippen molar-refractivity contribution in [2.24, 2.45) is 0 Å². The Hall–Kier alpha value is -1.92. The number of hydrogen-bond acceptors (Lipinski definition) is 4. The second-order valence-corrected chi connectivity index (χ2v) is 7.40. The average Bonchev–Trinajstić information content (AvgIpc) is 2.95. The van der Waals surface area contributed by atoms with Gasteiger partial charge in [0.1, 0.15) is 11.9 Å². The number of carbonyl (C=O) groups is 1. The van der Waals surface area contributed by atoms with Gasteiger partial charge in [-0.2, -0.15) is 0 Å². The van der Waals surface area contributed by atoms with Crippen molar-refractivity contribution in [2.45, 2.75) is 32.4 Å². The van der Waals surface area contributed by atoms with Crippen LogP contribution in [-0.2, 0) is 10.3 Å². The van der Waals surface area contributed by atoms with Crippen molar-refractivity contribution >= 4 is 11.4 Å². The predicted octanol–water partition coefficient (Wildman–Crippen LogP) is 1.24. The van der Waals surface area contributed by atoms with Crippen molar-refractivity contribution in [3.63, 3.8) is 0 Å². The third-order valence-corrected chi connectivity index (χ3v) is 4.93. The van der Waals surface area contributed by atoms with Gasteiger partial charge in [-0.25, -0.2) is 4.98 Å². The van der Waals surface area contributed by atoms with E-state index >= 15 is 0 Å². The molecule has 3 rings (SSSR count). The second-order valence-electron chi connectivity index (χ2n) is 7.40. The van der Waals surface area contributed by atoms with Gasteiger partial charge in [-0.3, -0.25) is 9.69 Å². The van der Waals surface area contributed by atoms with Gasteiger partial charge in [-0.05, 0) is 46.5 Å². The average molecular weight is 329 g/mol. The smallest absolute Gasteiger partial charge is 0.239 e. The molecule has 3 heterocycles. The fourth-order valence-electron chi connectivity index (χ4n) is 3.37. The number of pyridine rings is 1. The zero-order valence-corrected chi connectivity index (χ0v) is 15.2. The molecule has 1 atom stereocenters. The van der Waals surface area contributed by atoms with E-state index in [-0.39, 0.29) is 11.9 Å². The van der Waals surface area contributed by atoms with Gasteiger partial charge in [-0.15, -0.1) is 0 Å². The van der Waals surface area contributed by atoms with Crippen molar-refractivity contribution in [3.05, 3.63) is 35.9 Å². The lowest BCUT2D eigenvalue weighted by atomic mass is 10.0. The minimum Gasteiger partial charge on any atom is -0.343 e. The van der Waals surface area contributed by atoms with Gasteiger partial charge in [0.05, 0.1) is 17.3 Å². The fourth-order valence-corrected chi connectivity index (χ4v) is 3.37. The van der Waals surface area contributed by atoms with Crippen LogP contribution >= 0.6 is 0 Å². The van der Waals surface area contributed by atoms with Gasteiger partial charge >= 0.3 is 0 Å². The number of aryl methyl sites for hydroxylation is 1. The monoisotopic (exact) mass is 329 g/mol. The minimum absolute atomic E-state index is 0.0541. The minimum atomic E-state index is -0.547. The van der Waals surface area contributed by atoms with Crippen LogP contribution in [0.25, 0.3) is 5.52 Å². The van der Waals surface area contributed by atoms with Crippen molar-refractivity contribution in [3.8, 4) is 0 Å². The Morgan fingerprint density at radius 1 is 1.33 bits per heavy atom. The Labute approximate surface area is 143 Å². The molecule has 2 aromatic heterocycles. The molecule has 1 saturated heterocycles. The van der Waals surface area contributed by atoms with Crippen LogP contribution in [0.5, 0.6) is 0 Å². The molecule has 0 aliphatic carbocycles. The summed E-state index contributed by atoms with van der Waals surface area (Å²) in [7, 11) is 4.07. The van der Waals surface area contributed by atoms with E-state index in [1.54, 1.807) is 0 Å². The summed E-state index contributed by atoms with van der Waals surface area (Å²) in [4.78, 5) is 21.8. The number of nitrogens with zero attached hydrogens (tertiary/aromatic N) is 4. The third kappa shape index (κ3) is 3.03. The number of likely N-dealkylation sites (N-methyl/N-ethyl adjacent to an activating group) is 2. The van der Waals surface area contributed by atoms with Gasteiger partial charge in [-0.1, -0.05) is 6.07 Å². The molecule has 0 radical (unpaired) electrons. The quantitative estimate of drug-likeness (QED) is 0.920. The molecule has 2 aromatic rings. The number of amides is 1. The highest BCUT2D eigenvalue weighted by atomic mass is 16.2. The van der Waals surface area contributed by atoms with Crippen LogP contribution in [0.15, 0.2) is 24.5 Å². The highest BCUT2D eigenvalue weighted by molar-refractivity contribution is 5.83. The SMILES string of the molecule is Cc1cccn2c(C(C)(C)NC(=O)C3CN(C)CCN3C)ncc12. The summed E-state index contributed by atoms with van der Waals surface area (Å²) in [6.07, 6.45) is 3.87. The van der Waals surface area contributed by atoms with Crippen molar-refractivity contribution in [1.29, 1.82) is 0 Å². The molecular formula is C18H27N5O. The van der Waals surface area contributed by atoms with Crippen LogP contribution in [0.1, 0.15) is 25.2 Å². The molecule has 1 aliphatic heterocycles. The molecule has 1 amide bonds. The van der Waals surface area contributed by atoms with E-state index in [9.17, 15) is 4.79 Å². The second kappa shape index (κ2) is 6.18. The Kier molecular flexibility index (Phi) is 4.36. The number of carbonyl (C=O) groups excluding carboxylic acids is 1. The molecule has 6 nitrogen and oxygen atoms in total. The number of piperazine rings is 1. The molecule has 24 heavy (non-hydrogen) atoms. The maximum absolute atomic E-state index is 12.9. The number of rotatable bonds is 3. The van der Waals surface area contributed by atoms with E-state index in [1.165, 1.54) is 5.56 Å². The summed E-state index contributed by atoms with van der Waals surface area (Å²) in [5.74, 6) is 0.903. The fraction of sp³-hybridized carbons (Fsp3) is 0.556. The summed E-state index contributed by atoms with van der Waals surface area (Å²) >= 11 is 0. The van der Waals surface area contributed by atoms with Crippen LogP contribution in [0.3, 0.4) is 0 Å². The first-order valence-electron chi connectivity index (χ1n) is 8.43. The maximum atomic E-state index is 12.9. The lowest BCUT2D eigenvalue weighted by Crippen LogP contribution is -2.59. The predicted molar refractivity (Wildman–Crippen MR) is 95.0 cm³/mol. The summed E-state index contributed by atoms with van der Waals surface area (Å²) in [6, 6.07) is 3.95. The van der Waals surface area contributed by atoms with E-state index in [1.807, 2.05) is 39.4 Å². The van der Waals surface area contributed by atoms with Crippen LogP contribution in [0, 0.1) is 6.92 Å².